The van der Waals surface area contributed by atoms with Crippen LogP contribution in [0.15, 0.2) is 36.4 Å². The van der Waals surface area contributed by atoms with Crippen molar-refractivity contribution in [3.05, 3.63) is 65.2 Å². The van der Waals surface area contributed by atoms with Crippen LogP contribution in [0.2, 0.25) is 0 Å². The van der Waals surface area contributed by atoms with E-state index >= 15 is 0 Å². The molecule has 4 rings (SSSR count). The lowest BCUT2D eigenvalue weighted by molar-refractivity contribution is 0.304. The van der Waals surface area contributed by atoms with Crippen LogP contribution in [-0.2, 0) is 6.54 Å². The minimum Gasteiger partial charge on any atom is -0.362 e. The number of aryl methyl sites for hydroxylation is 1. The third-order valence-electron chi connectivity index (χ3n) is 5.81. The van der Waals surface area contributed by atoms with Gasteiger partial charge in [-0.3, -0.25) is 0 Å². The smallest absolute Gasteiger partial charge is 0.139 e. The first-order valence-electron chi connectivity index (χ1n) is 11.0. The highest BCUT2D eigenvalue weighted by Crippen LogP contribution is 2.24. The molecule has 172 valence electrons. The molecular formula is C25H31F3N4. The van der Waals surface area contributed by atoms with Gasteiger partial charge in [0.05, 0.1) is 5.52 Å². The first-order chi connectivity index (χ1) is 15.2. The van der Waals surface area contributed by atoms with Gasteiger partial charge >= 0.3 is 0 Å². The van der Waals surface area contributed by atoms with Crippen LogP contribution < -0.4 is 10.2 Å². The molecule has 3 aromatic rings. The van der Waals surface area contributed by atoms with Crippen LogP contribution in [0.25, 0.3) is 10.9 Å². The molecule has 0 aliphatic heterocycles. The van der Waals surface area contributed by atoms with E-state index in [1.807, 2.05) is 50.2 Å². The summed E-state index contributed by atoms with van der Waals surface area (Å²) in [5, 5.41) is 4.26. The van der Waals surface area contributed by atoms with E-state index < -0.39 is 17.5 Å². The van der Waals surface area contributed by atoms with Crippen molar-refractivity contribution in [2.75, 3.05) is 19.0 Å². The van der Waals surface area contributed by atoms with Gasteiger partial charge in [-0.15, -0.1) is 0 Å². The molecule has 0 saturated heterocycles. The van der Waals surface area contributed by atoms with Gasteiger partial charge in [-0.25, -0.2) is 23.1 Å². The molecule has 1 aliphatic carbocycles. The summed E-state index contributed by atoms with van der Waals surface area (Å²) in [6.07, 6.45) is 4.36. The van der Waals surface area contributed by atoms with Crippen LogP contribution >= 0.6 is 0 Å². The molecule has 0 spiro atoms. The Morgan fingerprint density at radius 3 is 2.22 bits per heavy atom. The van der Waals surface area contributed by atoms with Crippen LogP contribution in [0.1, 0.15) is 44.0 Å². The Morgan fingerprint density at radius 1 is 0.969 bits per heavy atom. The fourth-order valence-electron chi connectivity index (χ4n) is 3.97. The number of hydrogen-bond acceptors (Lipinski definition) is 4. The Bertz CT molecular complexity index is 1020. The molecule has 4 nitrogen and oxygen atoms in total. The number of nitrogens with one attached hydrogen (secondary N) is 1. The second-order valence-corrected chi connectivity index (χ2v) is 8.69. The van der Waals surface area contributed by atoms with E-state index in [0.717, 1.165) is 66.3 Å². The maximum Gasteiger partial charge on any atom is 0.139 e. The topological polar surface area (TPSA) is 41.1 Å². The summed E-state index contributed by atoms with van der Waals surface area (Å²) in [5.41, 5.74) is 0.929. The summed E-state index contributed by atoms with van der Waals surface area (Å²) in [6.45, 7) is 4.26. The fraction of sp³-hybridized carbons (Fsp3) is 0.440. The predicted octanol–water partition coefficient (Wildman–Crippen LogP) is 5.78. The average Bonchev–Trinajstić information content (AvgIpc) is 2.74. The van der Waals surface area contributed by atoms with Crippen molar-refractivity contribution in [1.29, 1.82) is 0 Å². The summed E-state index contributed by atoms with van der Waals surface area (Å²) in [4.78, 5) is 10.8. The van der Waals surface area contributed by atoms with E-state index in [1.165, 1.54) is 0 Å². The number of hydrogen-bond donors (Lipinski definition) is 1. The van der Waals surface area contributed by atoms with Crippen molar-refractivity contribution < 1.29 is 13.2 Å². The molecule has 0 amide bonds. The van der Waals surface area contributed by atoms with E-state index in [1.54, 1.807) is 0 Å². The van der Waals surface area contributed by atoms with Gasteiger partial charge in [0.15, 0.2) is 0 Å². The zero-order chi connectivity index (χ0) is 23.3. The number of nitrogens with zero attached hydrogens (tertiary/aromatic N) is 3. The van der Waals surface area contributed by atoms with Gasteiger partial charge in [-0.1, -0.05) is 19.1 Å². The third-order valence-corrected chi connectivity index (χ3v) is 5.81. The maximum atomic E-state index is 13.4. The number of fused-ring (bicyclic) bond motifs is 1. The maximum absolute atomic E-state index is 13.4. The van der Waals surface area contributed by atoms with Crippen molar-refractivity contribution in [3.63, 3.8) is 0 Å². The number of benzene rings is 2. The van der Waals surface area contributed by atoms with Gasteiger partial charge in [-0.2, -0.15) is 0 Å². The van der Waals surface area contributed by atoms with Crippen LogP contribution in [-0.4, -0.2) is 30.1 Å². The highest BCUT2D eigenvalue weighted by atomic mass is 19.1. The summed E-state index contributed by atoms with van der Waals surface area (Å²) < 4.78 is 39.6. The van der Waals surface area contributed by atoms with E-state index in [-0.39, 0.29) is 12.1 Å². The number of para-hydroxylation sites is 1. The van der Waals surface area contributed by atoms with Crippen LogP contribution in [0.4, 0.5) is 19.0 Å². The largest absolute Gasteiger partial charge is 0.362 e. The number of rotatable bonds is 4. The number of aromatic nitrogens is 2. The Morgan fingerprint density at radius 2 is 1.59 bits per heavy atom. The molecule has 1 saturated carbocycles. The number of halogens is 3. The predicted molar refractivity (Wildman–Crippen MR) is 123 cm³/mol. The monoisotopic (exact) mass is 444 g/mol. The third kappa shape index (κ3) is 6.19. The zero-order valence-electron chi connectivity index (χ0n) is 19.1. The van der Waals surface area contributed by atoms with Crippen molar-refractivity contribution in [2.45, 2.75) is 52.1 Å². The molecule has 0 radical (unpaired) electrons. The minimum absolute atomic E-state index is 0.0741. The molecule has 0 atom stereocenters. The standard InChI is InChI=1S/C14H18F3N.C11H13N3/c1-9-2-4-11(5-3-9)18-8-12-13(16)6-10(15)7-14(12)17;1-8-12-10-7-5-4-6-9(10)11(13-8)14(2)3/h6-7,9,11,18H,2-5,8H2,1H3;4-7H,1-3H3. The molecular weight excluding hydrogens is 413 g/mol. The normalized spacial score (nSPS) is 18.2. The van der Waals surface area contributed by atoms with Crippen molar-refractivity contribution >= 4 is 16.7 Å². The molecule has 2 aromatic carbocycles. The summed E-state index contributed by atoms with van der Waals surface area (Å²) in [6, 6.07) is 9.82. The first-order valence-corrected chi connectivity index (χ1v) is 11.0. The van der Waals surface area contributed by atoms with Crippen molar-refractivity contribution in [2.24, 2.45) is 5.92 Å². The Labute approximate surface area is 187 Å². The lowest BCUT2D eigenvalue weighted by Gasteiger charge is -2.27. The lowest BCUT2D eigenvalue weighted by Crippen LogP contribution is -2.32. The molecule has 1 fully saturated rings. The van der Waals surface area contributed by atoms with Gasteiger partial charge in [-0.05, 0) is 50.7 Å². The average molecular weight is 445 g/mol. The van der Waals surface area contributed by atoms with Crippen LogP contribution in [0.3, 0.4) is 0 Å². The Hall–Kier alpha value is -2.67. The van der Waals surface area contributed by atoms with Crippen molar-refractivity contribution in [1.82, 2.24) is 15.3 Å². The highest BCUT2D eigenvalue weighted by molar-refractivity contribution is 5.89. The van der Waals surface area contributed by atoms with Gasteiger partial charge in [0.1, 0.15) is 29.1 Å². The second-order valence-electron chi connectivity index (χ2n) is 8.69. The molecule has 0 bridgehead atoms. The zero-order valence-corrected chi connectivity index (χ0v) is 19.1. The van der Waals surface area contributed by atoms with Gasteiger partial charge in [0.25, 0.3) is 0 Å². The lowest BCUT2D eigenvalue weighted by atomic mass is 9.87. The molecule has 32 heavy (non-hydrogen) atoms. The summed E-state index contributed by atoms with van der Waals surface area (Å²) in [5.74, 6) is 0.0245. The van der Waals surface area contributed by atoms with Gasteiger partial charge < -0.3 is 10.2 Å². The van der Waals surface area contributed by atoms with Crippen molar-refractivity contribution in [3.8, 4) is 0 Å². The Kier molecular flexibility index (Phi) is 8.07. The fourth-order valence-corrected chi connectivity index (χ4v) is 3.97. The molecule has 1 heterocycles. The first kappa shape index (κ1) is 24.0. The Balaban J connectivity index is 0.000000186. The molecule has 7 heteroatoms. The second kappa shape index (κ2) is 10.8. The molecule has 0 unspecified atom stereocenters. The van der Waals surface area contributed by atoms with Gasteiger partial charge in [0, 0.05) is 49.8 Å². The quantitative estimate of drug-likeness (QED) is 0.554. The van der Waals surface area contributed by atoms with E-state index in [2.05, 4.69) is 22.2 Å². The van der Waals surface area contributed by atoms with E-state index in [4.69, 9.17) is 0 Å². The summed E-state index contributed by atoms with van der Waals surface area (Å²) in [7, 11) is 3.99. The SMILES string of the molecule is CC1CCC(NCc2c(F)cc(F)cc2F)CC1.Cc1nc(N(C)C)c2ccccc2n1. The summed E-state index contributed by atoms with van der Waals surface area (Å²) >= 11 is 0. The van der Waals surface area contributed by atoms with Gasteiger partial charge in [0.2, 0.25) is 0 Å². The van der Waals surface area contributed by atoms with Crippen LogP contribution in [0.5, 0.6) is 0 Å². The van der Waals surface area contributed by atoms with E-state index in [0.29, 0.717) is 6.04 Å². The van der Waals surface area contributed by atoms with Crippen LogP contribution in [0, 0.1) is 30.3 Å². The van der Waals surface area contributed by atoms with E-state index in [9.17, 15) is 13.2 Å². The molecule has 1 aliphatic rings. The molecule has 1 N–H and O–H groups in total. The minimum atomic E-state index is -0.875. The number of anilines is 1. The highest BCUT2D eigenvalue weighted by Gasteiger charge is 2.19. The molecule has 1 aromatic heterocycles.